The monoisotopic (exact) mass is 471 g/mol. The predicted molar refractivity (Wildman–Crippen MR) is 132 cm³/mol. The fourth-order valence-corrected chi connectivity index (χ4v) is 5.76. The van der Waals surface area contributed by atoms with Gasteiger partial charge in [-0.25, -0.2) is 0 Å². The summed E-state index contributed by atoms with van der Waals surface area (Å²) in [5.74, 6) is -0.634. The molecule has 0 aromatic carbocycles. The lowest BCUT2D eigenvalue weighted by Gasteiger charge is -2.31. The predicted octanol–water partition coefficient (Wildman–Crippen LogP) is 4.27. The maximum atomic E-state index is 13.5. The smallest absolute Gasteiger partial charge is 0.259 e. The van der Waals surface area contributed by atoms with Crippen LogP contribution >= 0.6 is 0 Å². The average Bonchev–Trinajstić information content (AvgIpc) is 3.34. The van der Waals surface area contributed by atoms with Gasteiger partial charge in [0, 0.05) is 44.7 Å². The second-order valence-electron chi connectivity index (χ2n) is 10.5. The van der Waals surface area contributed by atoms with E-state index in [1.54, 1.807) is 24.3 Å². The van der Waals surface area contributed by atoms with E-state index in [0.717, 1.165) is 70.8 Å². The Balaban J connectivity index is 1.59. The largest absolute Gasteiger partial charge is 0.376 e. The highest BCUT2D eigenvalue weighted by molar-refractivity contribution is 5.99. The molecule has 0 bridgehead atoms. The molecule has 3 fully saturated rings. The molecule has 7 nitrogen and oxygen atoms in total. The Morgan fingerprint density at radius 2 is 1.53 bits per heavy atom. The number of aromatic nitrogens is 1. The zero-order valence-corrected chi connectivity index (χ0v) is 20.7. The van der Waals surface area contributed by atoms with Crippen LogP contribution in [0.3, 0.4) is 0 Å². The van der Waals surface area contributed by atoms with Crippen LogP contribution in [0.2, 0.25) is 0 Å². The number of carbonyl (C=O) groups excluding carboxylic acids is 2. The first kappa shape index (κ1) is 25.0. The molecule has 7 heteroatoms. The van der Waals surface area contributed by atoms with Crippen LogP contribution in [0.25, 0.3) is 0 Å². The number of hydrogen-bond donors (Lipinski definition) is 1. The normalized spacial score (nSPS) is 22.7. The summed E-state index contributed by atoms with van der Waals surface area (Å²) in [6.07, 6.45) is 18.3. The summed E-state index contributed by atoms with van der Waals surface area (Å²) in [6.45, 7) is 1.27. The molecule has 34 heavy (non-hydrogen) atoms. The highest BCUT2D eigenvalue weighted by Gasteiger charge is 2.28. The van der Waals surface area contributed by atoms with E-state index < -0.39 is 5.43 Å². The summed E-state index contributed by atoms with van der Waals surface area (Å²) in [7, 11) is 1.80. The van der Waals surface area contributed by atoms with Crippen molar-refractivity contribution >= 4 is 11.8 Å². The topological polar surface area (TPSA) is 80.6 Å². The van der Waals surface area contributed by atoms with Crippen molar-refractivity contribution in [3.63, 3.8) is 0 Å². The van der Waals surface area contributed by atoms with Gasteiger partial charge >= 0.3 is 0 Å². The van der Waals surface area contributed by atoms with Crippen LogP contribution in [0, 0.1) is 0 Å². The molecule has 0 spiro atoms. The molecule has 0 radical (unpaired) electrons. The van der Waals surface area contributed by atoms with Gasteiger partial charge in [0.05, 0.1) is 6.10 Å². The summed E-state index contributed by atoms with van der Waals surface area (Å²) in [4.78, 5) is 41.9. The van der Waals surface area contributed by atoms with E-state index in [0.29, 0.717) is 6.54 Å². The molecule has 3 aliphatic rings. The molecule has 1 aromatic heterocycles. The SMILES string of the molecule is CN(C(=O)c1cn(C[C@@H]2CCCO2)cc(C(=O)NC2CCCCCCC2)c1=O)C1CCCCC1. The first-order valence-corrected chi connectivity index (χ1v) is 13.5. The number of carbonyl (C=O) groups is 2. The third-order valence-electron chi connectivity index (χ3n) is 7.88. The number of pyridine rings is 1. The molecule has 4 rings (SSSR count). The number of hydrogen-bond acceptors (Lipinski definition) is 4. The van der Waals surface area contributed by atoms with Gasteiger partial charge in [0.15, 0.2) is 0 Å². The maximum Gasteiger partial charge on any atom is 0.259 e. The number of rotatable bonds is 6. The molecule has 1 N–H and O–H groups in total. The second-order valence-corrected chi connectivity index (χ2v) is 10.5. The van der Waals surface area contributed by atoms with Crippen LogP contribution < -0.4 is 10.7 Å². The Morgan fingerprint density at radius 3 is 2.21 bits per heavy atom. The molecule has 1 aliphatic heterocycles. The fourth-order valence-electron chi connectivity index (χ4n) is 5.76. The van der Waals surface area contributed by atoms with Crippen molar-refractivity contribution in [1.82, 2.24) is 14.8 Å². The average molecular weight is 472 g/mol. The molecule has 1 aromatic rings. The van der Waals surface area contributed by atoms with Crippen LogP contribution in [0.5, 0.6) is 0 Å². The van der Waals surface area contributed by atoms with E-state index in [1.165, 1.54) is 25.7 Å². The molecule has 0 unspecified atom stereocenters. The molecule has 188 valence electrons. The van der Waals surface area contributed by atoms with Gasteiger partial charge in [-0.2, -0.15) is 0 Å². The Bertz CT molecular complexity index is 892. The van der Waals surface area contributed by atoms with Gasteiger partial charge < -0.3 is 19.5 Å². The number of ether oxygens (including phenoxy) is 1. The van der Waals surface area contributed by atoms with Crippen LogP contribution in [-0.2, 0) is 11.3 Å². The van der Waals surface area contributed by atoms with Crippen molar-refractivity contribution in [3.05, 3.63) is 33.7 Å². The van der Waals surface area contributed by atoms with Crippen LogP contribution in [0.1, 0.15) is 111 Å². The fraction of sp³-hybridized carbons (Fsp3) is 0.741. The van der Waals surface area contributed by atoms with Crippen molar-refractivity contribution in [2.24, 2.45) is 0 Å². The first-order valence-electron chi connectivity index (χ1n) is 13.5. The van der Waals surface area contributed by atoms with Crippen molar-refractivity contribution < 1.29 is 14.3 Å². The minimum Gasteiger partial charge on any atom is -0.376 e. The Labute approximate surface area is 203 Å². The Kier molecular flexibility index (Phi) is 8.81. The summed E-state index contributed by atoms with van der Waals surface area (Å²) in [5.41, 5.74) is -0.293. The Morgan fingerprint density at radius 1 is 0.912 bits per heavy atom. The Hall–Kier alpha value is -2.15. The quantitative estimate of drug-likeness (QED) is 0.672. The van der Waals surface area contributed by atoms with Gasteiger partial charge in [0.1, 0.15) is 11.1 Å². The summed E-state index contributed by atoms with van der Waals surface area (Å²) >= 11 is 0. The van der Waals surface area contributed by atoms with Crippen molar-refractivity contribution in [1.29, 1.82) is 0 Å². The van der Waals surface area contributed by atoms with Crippen molar-refractivity contribution in [2.45, 2.75) is 115 Å². The van der Waals surface area contributed by atoms with E-state index in [4.69, 9.17) is 4.74 Å². The van der Waals surface area contributed by atoms with E-state index in [-0.39, 0.29) is 41.1 Å². The number of nitrogens with one attached hydrogen (secondary N) is 1. The lowest BCUT2D eigenvalue weighted by atomic mass is 9.94. The lowest BCUT2D eigenvalue weighted by Crippen LogP contribution is -2.43. The van der Waals surface area contributed by atoms with Gasteiger partial charge in [-0.15, -0.1) is 0 Å². The van der Waals surface area contributed by atoms with E-state index in [2.05, 4.69) is 5.32 Å². The van der Waals surface area contributed by atoms with E-state index in [1.807, 2.05) is 4.57 Å². The molecule has 2 amide bonds. The summed E-state index contributed by atoms with van der Waals surface area (Å²) in [5, 5.41) is 3.11. The van der Waals surface area contributed by atoms with Gasteiger partial charge in [-0.1, -0.05) is 51.4 Å². The second kappa shape index (κ2) is 12.0. The van der Waals surface area contributed by atoms with Crippen LogP contribution in [0.4, 0.5) is 0 Å². The lowest BCUT2D eigenvalue weighted by molar-refractivity contribution is 0.0692. The van der Waals surface area contributed by atoms with Gasteiger partial charge in [-0.05, 0) is 38.5 Å². The van der Waals surface area contributed by atoms with E-state index >= 15 is 0 Å². The minimum absolute atomic E-state index is 0.0445. The standard InChI is InChI=1S/C27H41N3O4/c1-29(21-13-8-5-9-14-21)27(33)24-19-30(17-22-15-10-16-34-22)18-23(25(24)31)26(32)28-20-11-6-3-2-4-7-12-20/h18-22H,2-17H2,1H3,(H,28,32)/t22-/m0/s1. The van der Waals surface area contributed by atoms with Gasteiger partial charge in [0.25, 0.3) is 11.8 Å². The van der Waals surface area contributed by atoms with Crippen LogP contribution in [-0.4, -0.2) is 53.1 Å². The van der Waals surface area contributed by atoms with Crippen LogP contribution in [0.15, 0.2) is 17.2 Å². The minimum atomic E-state index is -0.459. The summed E-state index contributed by atoms with van der Waals surface area (Å²) < 4.78 is 7.61. The molecule has 2 saturated carbocycles. The molecule has 2 heterocycles. The molecular formula is C27H41N3O4. The molecule has 1 atom stereocenters. The van der Waals surface area contributed by atoms with E-state index in [9.17, 15) is 14.4 Å². The first-order chi connectivity index (χ1) is 16.5. The summed E-state index contributed by atoms with van der Waals surface area (Å²) in [6, 6.07) is 0.239. The third kappa shape index (κ3) is 6.29. The number of amides is 2. The van der Waals surface area contributed by atoms with Crippen molar-refractivity contribution in [2.75, 3.05) is 13.7 Å². The number of nitrogens with zero attached hydrogens (tertiary/aromatic N) is 2. The highest BCUT2D eigenvalue weighted by atomic mass is 16.5. The highest BCUT2D eigenvalue weighted by Crippen LogP contribution is 2.23. The van der Waals surface area contributed by atoms with Gasteiger partial charge in [-0.3, -0.25) is 14.4 Å². The third-order valence-corrected chi connectivity index (χ3v) is 7.88. The maximum absolute atomic E-state index is 13.5. The molecular weight excluding hydrogens is 430 g/mol. The van der Waals surface area contributed by atoms with Crippen molar-refractivity contribution in [3.8, 4) is 0 Å². The molecule has 2 aliphatic carbocycles. The molecule has 1 saturated heterocycles. The zero-order chi connectivity index (χ0) is 23.9. The van der Waals surface area contributed by atoms with Gasteiger partial charge in [0.2, 0.25) is 5.43 Å². The zero-order valence-electron chi connectivity index (χ0n) is 20.7.